The highest BCUT2D eigenvalue weighted by molar-refractivity contribution is 8.16. The monoisotopic (exact) mass is 340 g/mol. The second kappa shape index (κ2) is 8.33. The number of amides is 2. The highest BCUT2D eigenvalue weighted by atomic mass is 32.2. The number of carbonyl (C=O) groups excluding carboxylic acids is 2. The van der Waals surface area contributed by atoms with E-state index in [1.807, 2.05) is 47.8 Å². The van der Waals surface area contributed by atoms with Gasteiger partial charge in [0.25, 0.3) is 5.91 Å². The number of ether oxygens (including phenoxy) is 1. The third kappa shape index (κ3) is 5.14. The first-order valence-corrected chi connectivity index (χ1v) is 9.20. The van der Waals surface area contributed by atoms with Crippen LogP contribution in [0.1, 0.15) is 23.5 Å². The van der Waals surface area contributed by atoms with Crippen LogP contribution in [0.4, 0.5) is 0 Å². The Bertz CT molecular complexity index is 516. The van der Waals surface area contributed by atoms with Gasteiger partial charge in [0, 0.05) is 0 Å². The van der Waals surface area contributed by atoms with Crippen LogP contribution in [0, 0.1) is 0 Å². The molecule has 1 aromatic carbocycles. The summed E-state index contributed by atoms with van der Waals surface area (Å²) in [5.41, 5.74) is 6.35. The molecule has 0 bridgehead atoms. The van der Waals surface area contributed by atoms with Crippen molar-refractivity contribution >= 4 is 35.3 Å². The molecule has 0 aliphatic carbocycles. The fourth-order valence-electron chi connectivity index (χ4n) is 1.90. The first-order chi connectivity index (χ1) is 10.6. The minimum Gasteiger partial charge on any atom is -0.484 e. The summed E-state index contributed by atoms with van der Waals surface area (Å²) in [5, 5.41) is 2.47. The number of rotatable bonds is 6. The van der Waals surface area contributed by atoms with Crippen LogP contribution in [0.25, 0.3) is 0 Å². The Balaban J connectivity index is 1.81. The van der Waals surface area contributed by atoms with Gasteiger partial charge in [0.2, 0.25) is 5.91 Å². The lowest BCUT2D eigenvalue weighted by atomic mass is 10.2. The second-order valence-corrected chi connectivity index (χ2v) is 7.70. The molecule has 1 saturated heterocycles. The van der Waals surface area contributed by atoms with Crippen molar-refractivity contribution in [3.63, 3.8) is 0 Å². The van der Waals surface area contributed by atoms with Crippen LogP contribution in [0.5, 0.6) is 5.75 Å². The van der Waals surface area contributed by atoms with Crippen molar-refractivity contribution in [3.05, 3.63) is 29.8 Å². The first kappa shape index (κ1) is 17.0. The molecule has 1 aromatic rings. The van der Waals surface area contributed by atoms with Gasteiger partial charge < -0.3 is 15.8 Å². The van der Waals surface area contributed by atoms with Gasteiger partial charge in [-0.3, -0.25) is 9.59 Å². The molecule has 0 unspecified atom stereocenters. The van der Waals surface area contributed by atoms with E-state index in [2.05, 4.69) is 5.32 Å². The van der Waals surface area contributed by atoms with Crippen molar-refractivity contribution in [2.24, 2.45) is 5.73 Å². The van der Waals surface area contributed by atoms with Gasteiger partial charge in [-0.2, -0.15) is 0 Å². The maximum Gasteiger partial charge on any atom is 0.258 e. The maximum atomic E-state index is 11.6. The summed E-state index contributed by atoms with van der Waals surface area (Å²) >= 11 is 3.93. The summed E-state index contributed by atoms with van der Waals surface area (Å²) in [5.74, 6) is 2.10. The number of thioether (sulfide) groups is 2. The molecular formula is C15H20N2O3S2. The predicted molar refractivity (Wildman–Crippen MR) is 91.0 cm³/mol. The largest absolute Gasteiger partial charge is 0.484 e. The van der Waals surface area contributed by atoms with Crippen molar-refractivity contribution in [2.75, 3.05) is 18.1 Å². The number of primary amides is 1. The van der Waals surface area contributed by atoms with Gasteiger partial charge in [-0.25, -0.2) is 0 Å². The Morgan fingerprint density at radius 1 is 1.32 bits per heavy atom. The van der Waals surface area contributed by atoms with Crippen molar-refractivity contribution in [1.82, 2.24) is 5.32 Å². The van der Waals surface area contributed by atoms with Crippen LogP contribution in [0.2, 0.25) is 0 Å². The molecule has 3 N–H and O–H groups in total. The third-order valence-corrected chi connectivity index (χ3v) is 6.17. The van der Waals surface area contributed by atoms with E-state index in [1.54, 1.807) is 0 Å². The predicted octanol–water partition coefficient (Wildman–Crippen LogP) is 1.92. The Morgan fingerprint density at radius 2 is 1.95 bits per heavy atom. The zero-order valence-electron chi connectivity index (χ0n) is 12.4. The lowest BCUT2D eigenvalue weighted by molar-refractivity contribution is -0.128. The summed E-state index contributed by atoms with van der Waals surface area (Å²) in [4.78, 5) is 22.5. The number of nitrogens with two attached hydrogens (primary N) is 1. The van der Waals surface area contributed by atoms with Gasteiger partial charge in [0.15, 0.2) is 6.61 Å². The van der Waals surface area contributed by atoms with E-state index in [1.165, 1.54) is 30.4 Å². The molecule has 1 heterocycles. The van der Waals surface area contributed by atoms with Crippen molar-refractivity contribution in [3.8, 4) is 5.75 Å². The van der Waals surface area contributed by atoms with E-state index in [9.17, 15) is 9.59 Å². The quantitative estimate of drug-likeness (QED) is 0.827. The number of hydrogen-bond acceptors (Lipinski definition) is 5. The van der Waals surface area contributed by atoms with Gasteiger partial charge in [0.1, 0.15) is 11.8 Å². The second-order valence-electron chi connectivity index (χ2n) is 4.98. The van der Waals surface area contributed by atoms with Crippen molar-refractivity contribution in [2.45, 2.75) is 24.0 Å². The lowest BCUT2D eigenvalue weighted by Gasteiger charge is -2.21. The molecule has 2 rings (SSSR count). The molecule has 5 nitrogen and oxygen atoms in total. The fraction of sp³-hybridized carbons (Fsp3) is 0.467. The zero-order chi connectivity index (χ0) is 15.9. The van der Waals surface area contributed by atoms with Crippen molar-refractivity contribution in [1.29, 1.82) is 0 Å². The molecule has 1 aliphatic rings. The average molecular weight is 340 g/mol. The van der Waals surface area contributed by atoms with Crippen LogP contribution in [-0.2, 0) is 9.59 Å². The minimum atomic E-state index is -0.696. The lowest BCUT2D eigenvalue weighted by Crippen LogP contribution is -2.44. The Kier molecular flexibility index (Phi) is 6.45. The highest BCUT2D eigenvalue weighted by Crippen LogP contribution is 2.43. The minimum absolute atomic E-state index is 0.135. The Labute approximate surface area is 138 Å². The molecule has 0 saturated carbocycles. The molecule has 0 spiro atoms. The van der Waals surface area contributed by atoms with Gasteiger partial charge >= 0.3 is 0 Å². The molecule has 1 fully saturated rings. The normalized spacial score (nSPS) is 16.8. The zero-order valence-corrected chi connectivity index (χ0v) is 14.0. The van der Waals surface area contributed by atoms with E-state index in [-0.39, 0.29) is 12.5 Å². The molecule has 0 radical (unpaired) electrons. The van der Waals surface area contributed by atoms with Crippen LogP contribution < -0.4 is 15.8 Å². The van der Waals surface area contributed by atoms with Gasteiger partial charge in [-0.1, -0.05) is 12.1 Å². The summed E-state index contributed by atoms with van der Waals surface area (Å²) in [6.07, 6.45) is 1.27. The van der Waals surface area contributed by atoms with E-state index in [0.29, 0.717) is 10.3 Å². The van der Waals surface area contributed by atoms with E-state index in [0.717, 1.165) is 0 Å². The Morgan fingerprint density at radius 3 is 2.55 bits per heavy atom. The molecule has 120 valence electrons. The summed E-state index contributed by atoms with van der Waals surface area (Å²) in [7, 11) is 0. The van der Waals surface area contributed by atoms with Crippen LogP contribution in [-0.4, -0.2) is 36.0 Å². The number of benzene rings is 1. The third-order valence-electron chi connectivity index (χ3n) is 3.15. The fourth-order valence-corrected chi connectivity index (χ4v) is 4.80. The van der Waals surface area contributed by atoms with E-state index >= 15 is 0 Å². The number of hydrogen-bond donors (Lipinski definition) is 2. The molecular weight excluding hydrogens is 320 g/mol. The standard InChI is InChI=1S/C15H20N2O3S2/c1-10(14(16)19)17-13(18)9-20-12-5-3-11(4-6-12)15-21-7-2-8-22-15/h3-6,10,15H,2,7-9H2,1H3,(H2,16,19)(H,17,18)/t10-/m1/s1. The molecule has 2 amide bonds. The van der Waals surface area contributed by atoms with E-state index in [4.69, 9.17) is 10.5 Å². The Hall–Kier alpha value is -1.34. The van der Waals surface area contributed by atoms with E-state index < -0.39 is 11.9 Å². The smallest absolute Gasteiger partial charge is 0.258 e. The van der Waals surface area contributed by atoms with Crippen LogP contribution >= 0.6 is 23.5 Å². The number of nitrogens with one attached hydrogen (secondary N) is 1. The highest BCUT2D eigenvalue weighted by Gasteiger charge is 2.16. The summed E-state index contributed by atoms with van der Waals surface area (Å²) in [6, 6.07) is 7.12. The molecule has 22 heavy (non-hydrogen) atoms. The SMILES string of the molecule is C[C@@H](NC(=O)COc1ccc(C2SCCCS2)cc1)C(N)=O. The maximum absolute atomic E-state index is 11.6. The first-order valence-electron chi connectivity index (χ1n) is 7.11. The van der Waals surface area contributed by atoms with Gasteiger partial charge in [-0.15, -0.1) is 23.5 Å². The average Bonchev–Trinajstić information content (AvgIpc) is 2.54. The summed E-state index contributed by atoms with van der Waals surface area (Å²) in [6.45, 7) is 1.40. The topological polar surface area (TPSA) is 81.4 Å². The van der Waals surface area contributed by atoms with Gasteiger partial charge in [0.05, 0.1) is 4.58 Å². The van der Waals surface area contributed by atoms with Crippen LogP contribution in [0.15, 0.2) is 24.3 Å². The number of carbonyl (C=O) groups is 2. The summed E-state index contributed by atoms with van der Waals surface area (Å²) < 4.78 is 5.90. The molecule has 1 aliphatic heterocycles. The van der Waals surface area contributed by atoms with Crippen LogP contribution in [0.3, 0.4) is 0 Å². The van der Waals surface area contributed by atoms with Gasteiger partial charge in [-0.05, 0) is 42.5 Å². The molecule has 0 aromatic heterocycles. The molecule has 1 atom stereocenters. The molecule has 7 heteroatoms. The van der Waals surface area contributed by atoms with Crippen molar-refractivity contribution < 1.29 is 14.3 Å².